The van der Waals surface area contributed by atoms with Crippen LogP contribution in [-0.2, 0) is 23.4 Å². The van der Waals surface area contributed by atoms with Gasteiger partial charge in [0.1, 0.15) is 19.5 Å². The summed E-state index contributed by atoms with van der Waals surface area (Å²) in [6.07, 6.45) is 10.6. The van der Waals surface area contributed by atoms with E-state index in [0.717, 1.165) is 25.3 Å². The minimum Gasteiger partial charge on any atom is -0.462 e. The van der Waals surface area contributed by atoms with Gasteiger partial charge in [-0.25, -0.2) is 0 Å². The lowest BCUT2D eigenvalue weighted by atomic mass is 9.97. The van der Waals surface area contributed by atoms with Crippen LogP contribution in [0.5, 0.6) is 0 Å². The molecule has 224 valence electrons. The minimum absolute atomic E-state index is 0.00687. The van der Waals surface area contributed by atoms with Gasteiger partial charge in [-0.15, -0.1) is 0 Å². The molecule has 0 bridgehead atoms. The third-order valence-corrected chi connectivity index (χ3v) is 12.9. The second-order valence-electron chi connectivity index (χ2n) is 14.1. The van der Waals surface area contributed by atoms with Crippen LogP contribution >= 0.6 is 0 Å². The van der Waals surface area contributed by atoms with E-state index in [0.29, 0.717) is 6.61 Å². The smallest absolute Gasteiger partial charge is 0.311 e. The van der Waals surface area contributed by atoms with Crippen LogP contribution in [0.2, 0.25) is 43.8 Å². The summed E-state index contributed by atoms with van der Waals surface area (Å²) in [5, 5.41) is 10.5. The monoisotopic (exact) mass is 572 g/mol. The Morgan fingerprint density at radius 3 is 2.05 bits per heavy atom. The highest BCUT2D eigenvalue weighted by atomic mass is 28.4. The summed E-state index contributed by atoms with van der Waals surface area (Å²) >= 11 is 0. The lowest BCUT2D eigenvalue weighted by Gasteiger charge is -2.38. The van der Waals surface area contributed by atoms with Crippen LogP contribution in [0.1, 0.15) is 74.1 Å². The van der Waals surface area contributed by atoms with Gasteiger partial charge in [0, 0.05) is 14.7 Å². The van der Waals surface area contributed by atoms with Gasteiger partial charge in [0.05, 0.1) is 17.6 Å². The summed E-state index contributed by atoms with van der Waals surface area (Å²) in [7, 11) is -3.12. The first-order valence-electron chi connectivity index (χ1n) is 14.4. The summed E-state index contributed by atoms with van der Waals surface area (Å²) in [5.74, 6) is -0.342. The normalized spacial score (nSPS) is 16.2. The SMILES string of the molecule is CCCCC[C@H](/C=C/[C@H](/C=C/[C@H](O)COC(=O)C(C)(C)C)OCOCC[Si](C)(C)C)O[Si](C)(C)C(C)(C)C. The quantitative estimate of drug-likeness (QED) is 0.0596. The largest absolute Gasteiger partial charge is 0.462 e. The summed E-state index contributed by atoms with van der Waals surface area (Å²) < 4.78 is 23.8. The lowest BCUT2D eigenvalue weighted by Crippen LogP contribution is -2.43. The van der Waals surface area contributed by atoms with E-state index in [-0.39, 0.29) is 30.5 Å². The lowest BCUT2D eigenvalue weighted by molar-refractivity contribution is -0.155. The fourth-order valence-corrected chi connectivity index (χ4v) is 5.05. The number of carbonyl (C=O) groups excluding carboxylic acids is 1. The minimum atomic E-state index is -1.95. The van der Waals surface area contributed by atoms with Crippen molar-refractivity contribution in [2.24, 2.45) is 5.41 Å². The van der Waals surface area contributed by atoms with Gasteiger partial charge in [-0.05, 0) is 51.4 Å². The van der Waals surface area contributed by atoms with Crippen molar-refractivity contribution in [3.8, 4) is 0 Å². The van der Waals surface area contributed by atoms with Crippen LogP contribution in [0.25, 0.3) is 0 Å². The van der Waals surface area contributed by atoms with Crippen LogP contribution in [0.15, 0.2) is 24.3 Å². The molecule has 0 heterocycles. The number of ether oxygens (including phenoxy) is 3. The first-order chi connectivity index (χ1) is 17.3. The van der Waals surface area contributed by atoms with E-state index in [1.807, 2.05) is 6.08 Å². The fourth-order valence-electron chi connectivity index (χ4n) is 2.99. The summed E-state index contributed by atoms with van der Waals surface area (Å²) in [6.45, 7) is 26.6. The van der Waals surface area contributed by atoms with Gasteiger partial charge >= 0.3 is 5.97 Å². The van der Waals surface area contributed by atoms with E-state index in [9.17, 15) is 9.90 Å². The highest BCUT2D eigenvalue weighted by molar-refractivity contribution is 6.76. The molecule has 0 aromatic rings. The number of aliphatic hydroxyl groups excluding tert-OH is 1. The van der Waals surface area contributed by atoms with Gasteiger partial charge in [-0.2, -0.15) is 0 Å². The van der Waals surface area contributed by atoms with E-state index in [1.165, 1.54) is 6.42 Å². The van der Waals surface area contributed by atoms with Crippen molar-refractivity contribution in [2.75, 3.05) is 20.0 Å². The molecule has 0 radical (unpaired) electrons. The molecule has 3 atom stereocenters. The molecule has 0 saturated heterocycles. The van der Waals surface area contributed by atoms with E-state index in [4.69, 9.17) is 18.6 Å². The zero-order valence-corrected chi connectivity index (χ0v) is 28.7. The van der Waals surface area contributed by atoms with Crippen molar-refractivity contribution in [1.29, 1.82) is 0 Å². The van der Waals surface area contributed by atoms with Crippen molar-refractivity contribution >= 4 is 22.4 Å². The van der Waals surface area contributed by atoms with Gasteiger partial charge in [0.2, 0.25) is 0 Å². The Morgan fingerprint density at radius 2 is 1.53 bits per heavy atom. The molecule has 0 fully saturated rings. The molecule has 0 aliphatic rings. The van der Waals surface area contributed by atoms with Crippen LogP contribution in [0.3, 0.4) is 0 Å². The molecule has 0 amide bonds. The predicted molar refractivity (Wildman–Crippen MR) is 165 cm³/mol. The standard InChI is InChI=1S/C30H60O6Si2/c1-13-14-15-16-27(36-38(11,12)30(5,6)7)20-19-26(35-24-33-21-22-37(8,9)10)18-17-25(31)23-34-28(32)29(2,3)4/h17-20,25-27,31H,13-16,21-24H2,1-12H3/b18-17+,20-19+/t25-,26-,27+/m0/s1. The molecule has 1 N–H and O–H groups in total. The van der Waals surface area contributed by atoms with Crippen molar-refractivity contribution < 1.29 is 28.5 Å². The van der Waals surface area contributed by atoms with Crippen LogP contribution in [-0.4, -0.2) is 65.8 Å². The molecule has 0 saturated carbocycles. The second-order valence-corrected chi connectivity index (χ2v) is 24.4. The van der Waals surface area contributed by atoms with E-state index < -0.39 is 34.0 Å². The van der Waals surface area contributed by atoms with E-state index in [2.05, 4.69) is 66.5 Å². The Bertz CT molecular complexity index is 714. The number of rotatable bonds is 18. The van der Waals surface area contributed by atoms with Gasteiger partial charge in [-0.3, -0.25) is 4.79 Å². The van der Waals surface area contributed by atoms with Crippen molar-refractivity contribution in [1.82, 2.24) is 0 Å². The molecule has 0 aliphatic carbocycles. The van der Waals surface area contributed by atoms with Gasteiger partial charge < -0.3 is 23.7 Å². The average molecular weight is 573 g/mol. The summed E-state index contributed by atoms with van der Waals surface area (Å²) in [4.78, 5) is 12.0. The Hall–Kier alpha value is -0.776. The van der Waals surface area contributed by atoms with Crippen molar-refractivity contribution in [3.63, 3.8) is 0 Å². The summed E-state index contributed by atoms with van der Waals surface area (Å²) in [6, 6.07) is 1.07. The molecule has 0 aromatic carbocycles. The topological polar surface area (TPSA) is 74.2 Å². The Labute approximate surface area is 236 Å². The molecule has 0 aromatic heterocycles. The summed E-state index contributed by atoms with van der Waals surface area (Å²) in [5.41, 5.74) is -0.609. The van der Waals surface area contributed by atoms with E-state index in [1.54, 1.807) is 32.9 Å². The predicted octanol–water partition coefficient (Wildman–Crippen LogP) is 7.72. The first kappa shape index (κ1) is 37.2. The van der Waals surface area contributed by atoms with Gasteiger partial charge in [0.15, 0.2) is 8.32 Å². The molecule has 38 heavy (non-hydrogen) atoms. The zero-order chi connectivity index (χ0) is 29.6. The van der Waals surface area contributed by atoms with Crippen molar-refractivity contribution in [2.45, 2.75) is 136 Å². The molecule has 0 spiro atoms. The Kier molecular flexibility index (Phi) is 16.8. The molecular formula is C30H60O6Si2. The average Bonchev–Trinajstić information content (AvgIpc) is 2.75. The number of esters is 1. The highest BCUT2D eigenvalue weighted by Crippen LogP contribution is 2.38. The number of unbranched alkanes of at least 4 members (excludes halogenated alkanes) is 2. The molecular weight excluding hydrogens is 512 g/mol. The number of aliphatic hydroxyl groups is 1. The van der Waals surface area contributed by atoms with E-state index >= 15 is 0 Å². The number of hydrogen-bond donors (Lipinski definition) is 1. The molecule has 8 heteroatoms. The third kappa shape index (κ3) is 17.7. The van der Waals surface area contributed by atoms with Gasteiger partial charge in [-0.1, -0.05) is 90.9 Å². The highest BCUT2D eigenvalue weighted by Gasteiger charge is 2.38. The molecule has 6 nitrogen and oxygen atoms in total. The zero-order valence-electron chi connectivity index (χ0n) is 26.7. The van der Waals surface area contributed by atoms with Gasteiger partial charge in [0.25, 0.3) is 0 Å². The first-order valence-corrected chi connectivity index (χ1v) is 21.0. The molecule has 0 aliphatic heterocycles. The van der Waals surface area contributed by atoms with Crippen LogP contribution < -0.4 is 0 Å². The van der Waals surface area contributed by atoms with Crippen molar-refractivity contribution in [3.05, 3.63) is 24.3 Å². The molecule has 0 rings (SSSR count). The maximum atomic E-state index is 12.0. The number of hydrogen-bond acceptors (Lipinski definition) is 6. The maximum Gasteiger partial charge on any atom is 0.311 e. The van der Waals surface area contributed by atoms with Crippen LogP contribution in [0.4, 0.5) is 0 Å². The Morgan fingerprint density at radius 1 is 0.921 bits per heavy atom. The maximum absolute atomic E-state index is 12.0. The third-order valence-electron chi connectivity index (χ3n) is 6.72. The van der Waals surface area contributed by atoms with Crippen LogP contribution in [0, 0.1) is 5.41 Å². The Balaban J connectivity index is 5.48. The second kappa shape index (κ2) is 17.1. The number of carbonyl (C=O) groups is 1. The molecule has 0 unspecified atom stereocenters. The fraction of sp³-hybridized carbons (Fsp3) is 0.833.